The van der Waals surface area contributed by atoms with Crippen LogP contribution in [0.1, 0.15) is 30.5 Å². The van der Waals surface area contributed by atoms with Gasteiger partial charge in [-0.1, -0.05) is 48.0 Å². The summed E-state index contributed by atoms with van der Waals surface area (Å²) in [6.07, 6.45) is 0.317. The maximum Gasteiger partial charge on any atom is 0.315 e. The van der Waals surface area contributed by atoms with Gasteiger partial charge < -0.3 is 10.6 Å². The van der Waals surface area contributed by atoms with Crippen LogP contribution in [0.15, 0.2) is 53.6 Å². The van der Waals surface area contributed by atoms with E-state index in [1.807, 2.05) is 6.07 Å². The highest BCUT2D eigenvalue weighted by molar-refractivity contribution is 6.34. The van der Waals surface area contributed by atoms with Gasteiger partial charge in [-0.05, 0) is 19.1 Å². The maximum absolute atomic E-state index is 14.4. The van der Waals surface area contributed by atoms with Gasteiger partial charge in [0.1, 0.15) is 12.4 Å². The largest absolute Gasteiger partial charge is 0.338 e. The van der Waals surface area contributed by atoms with Crippen molar-refractivity contribution in [2.24, 2.45) is 5.10 Å². The van der Waals surface area contributed by atoms with Gasteiger partial charge in [-0.2, -0.15) is 5.10 Å². The molecule has 8 heteroatoms. The van der Waals surface area contributed by atoms with Gasteiger partial charge in [0.25, 0.3) is 5.91 Å². The zero-order chi connectivity index (χ0) is 20.1. The lowest BCUT2D eigenvalue weighted by molar-refractivity contribution is -0.131. The molecule has 146 valence electrons. The van der Waals surface area contributed by atoms with E-state index in [1.54, 1.807) is 43.3 Å². The van der Waals surface area contributed by atoms with Crippen molar-refractivity contribution in [1.82, 2.24) is 15.6 Å². The summed E-state index contributed by atoms with van der Waals surface area (Å²) in [4.78, 5) is 24.3. The third-order valence-corrected chi connectivity index (χ3v) is 4.68. The minimum atomic E-state index is -0.615. The molecule has 0 radical (unpaired) electrons. The van der Waals surface area contributed by atoms with Crippen LogP contribution in [-0.2, 0) is 4.79 Å². The van der Waals surface area contributed by atoms with Crippen LogP contribution in [0.2, 0.25) is 5.02 Å². The Bertz CT molecular complexity index is 919. The number of nitrogens with one attached hydrogen (secondary N) is 2. The highest BCUT2D eigenvalue weighted by Gasteiger charge is 2.35. The Balaban J connectivity index is 1.89. The molecule has 0 bridgehead atoms. The lowest BCUT2D eigenvalue weighted by Crippen LogP contribution is -2.42. The number of carbonyl (C=O) groups is 2. The first-order chi connectivity index (χ1) is 13.5. The van der Waals surface area contributed by atoms with Crippen LogP contribution in [0.5, 0.6) is 0 Å². The number of carbonyl (C=O) groups excluding carboxylic acids is 2. The Labute approximate surface area is 167 Å². The van der Waals surface area contributed by atoms with Crippen molar-refractivity contribution in [3.63, 3.8) is 0 Å². The van der Waals surface area contributed by atoms with Gasteiger partial charge in [0.2, 0.25) is 0 Å². The number of hydrogen-bond acceptors (Lipinski definition) is 3. The Morgan fingerprint density at radius 1 is 1.18 bits per heavy atom. The average Bonchev–Trinajstić information content (AvgIpc) is 3.12. The molecule has 6 nitrogen and oxygen atoms in total. The Morgan fingerprint density at radius 2 is 1.89 bits per heavy atom. The van der Waals surface area contributed by atoms with Crippen molar-refractivity contribution in [2.75, 3.05) is 13.1 Å². The van der Waals surface area contributed by atoms with E-state index in [1.165, 1.54) is 11.1 Å². The van der Waals surface area contributed by atoms with E-state index in [0.29, 0.717) is 34.8 Å². The number of nitrogens with zero attached hydrogens (tertiary/aromatic N) is 2. The predicted molar refractivity (Wildman–Crippen MR) is 106 cm³/mol. The predicted octanol–water partition coefficient (Wildman–Crippen LogP) is 3.48. The van der Waals surface area contributed by atoms with Gasteiger partial charge in [-0.25, -0.2) is 14.2 Å². The van der Waals surface area contributed by atoms with E-state index in [9.17, 15) is 14.0 Å². The maximum atomic E-state index is 14.4. The number of amides is 3. The minimum absolute atomic E-state index is 0.254. The summed E-state index contributed by atoms with van der Waals surface area (Å²) in [6.45, 7) is 1.96. The highest BCUT2D eigenvalue weighted by Crippen LogP contribution is 2.35. The third-order valence-electron chi connectivity index (χ3n) is 4.35. The fourth-order valence-corrected chi connectivity index (χ4v) is 3.29. The Morgan fingerprint density at radius 3 is 2.61 bits per heavy atom. The lowest BCUT2D eigenvalue weighted by Gasteiger charge is -2.22. The fraction of sp³-hybridized carbons (Fsp3) is 0.250. The fourth-order valence-electron chi connectivity index (χ4n) is 3.05. The van der Waals surface area contributed by atoms with Crippen LogP contribution >= 0.6 is 11.6 Å². The first kappa shape index (κ1) is 19.8. The molecule has 0 fully saturated rings. The van der Waals surface area contributed by atoms with Gasteiger partial charge in [0.15, 0.2) is 0 Å². The molecule has 2 aromatic carbocycles. The molecule has 28 heavy (non-hydrogen) atoms. The summed E-state index contributed by atoms with van der Waals surface area (Å²) in [5.74, 6) is -0.862. The molecule has 2 aromatic rings. The summed E-state index contributed by atoms with van der Waals surface area (Å²) in [5, 5.41) is 11.2. The van der Waals surface area contributed by atoms with E-state index in [-0.39, 0.29) is 6.54 Å². The van der Waals surface area contributed by atoms with Gasteiger partial charge in [-0.3, -0.25) is 4.79 Å². The molecule has 1 heterocycles. The van der Waals surface area contributed by atoms with Crippen LogP contribution in [0.4, 0.5) is 9.18 Å². The molecule has 0 saturated heterocycles. The van der Waals surface area contributed by atoms with E-state index in [0.717, 1.165) is 0 Å². The molecule has 2 N–H and O–H groups in total. The van der Waals surface area contributed by atoms with Gasteiger partial charge in [-0.15, -0.1) is 0 Å². The second kappa shape index (κ2) is 8.84. The molecule has 3 amide bonds. The monoisotopic (exact) mass is 402 g/mol. The van der Waals surface area contributed by atoms with Crippen molar-refractivity contribution in [2.45, 2.75) is 19.4 Å². The normalized spacial score (nSPS) is 15.9. The third kappa shape index (κ3) is 4.31. The molecule has 0 aliphatic carbocycles. The number of halogens is 2. The standard InChI is InChI=1S/C20H20ClFN4O2/c1-2-23-20(28)24-12-19(27)26-18(14-8-4-6-10-16(14)22)11-17(25-26)13-7-3-5-9-15(13)21/h3-10,18H,2,11-12H2,1H3,(H2,23,24,28). The average molecular weight is 403 g/mol. The van der Waals surface area contributed by atoms with Crippen molar-refractivity contribution < 1.29 is 14.0 Å². The molecule has 1 atom stereocenters. The highest BCUT2D eigenvalue weighted by atomic mass is 35.5. The quantitative estimate of drug-likeness (QED) is 0.803. The summed E-state index contributed by atoms with van der Waals surface area (Å²) >= 11 is 6.27. The van der Waals surface area contributed by atoms with Crippen LogP contribution in [-0.4, -0.2) is 35.7 Å². The van der Waals surface area contributed by atoms with Crippen LogP contribution in [0, 0.1) is 5.82 Å². The molecule has 0 spiro atoms. The molecule has 0 aromatic heterocycles. The van der Waals surface area contributed by atoms with E-state index in [2.05, 4.69) is 15.7 Å². The number of urea groups is 1. The first-order valence-corrected chi connectivity index (χ1v) is 9.29. The lowest BCUT2D eigenvalue weighted by atomic mass is 9.98. The first-order valence-electron chi connectivity index (χ1n) is 8.91. The summed E-state index contributed by atoms with van der Waals surface area (Å²) < 4.78 is 14.4. The van der Waals surface area contributed by atoms with Crippen LogP contribution in [0.3, 0.4) is 0 Å². The van der Waals surface area contributed by atoms with E-state index < -0.39 is 23.8 Å². The topological polar surface area (TPSA) is 73.8 Å². The van der Waals surface area contributed by atoms with Gasteiger partial charge >= 0.3 is 6.03 Å². The summed E-state index contributed by atoms with van der Waals surface area (Å²) in [6, 6.07) is 12.4. The smallest absolute Gasteiger partial charge is 0.315 e. The van der Waals surface area contributed by atoms with Gasteiger partial charge in [0.05, 0.1) is 11.8 Å². The molecule has 1 unspecified atom stereocenters. The van der Waals surface area contributed by atoms with E-state index >= 15 is 0 Å². The van der Waals surface area contributed by atoms with Gasteiger partial charge in [0, 0.05) is 29.1 Å². The number of hydrogen-bond donors (Lipinski definition) is 2. The SMILES string of the molecule is CCNC(=O)NCC(=O)N1N=C(c2ccccc2Cl)CC1c1ccccc1F. The second-order valence-electron chi connectivity index (χ2n) is 6.22. The number of benzene rings is 2. The second-order valence-corrected chi connectivity index (χ2v) is 6.63. The molecule has 1 aliphatic heterocycles. The minimum Gasteiger partial charge on any atom is -0.338 e. The van der Waals surface area contributed by atoms with Crippen molar-refractivity contribution in [1.29, 1.82) is 0 Å². The molecule has 1 aliphatic rings. The summed E-state index contributed by atoms with van der Waals surface area (Å²) in [7, 11) is 0. The van der Waals surface area contributed by atoms with E-state index in [4.69, 9.17) is 11.6 Å². The zero-order valence-electron chi connectivity index (χ0n) is 15.3. The Hall–Kier alpha value is -2.93. The number of rotatable bonds is 5. The Kier molecular flexibility index (Phi) is 6.26. The van der Waals surface area contributed by atoms with Crippen LogP contribution < -0.4 is 10.6 Å². The molecular weight excluding hydrogens is 383 g/mol. The van der Waals surface area contributed by atoms with Crippen molar-refractivity contribution >= 4 is 29.3 Å². The van der Waals surface area contributed by atoms with Crippen molar-refractivity contribution in [3.8, 4) is 0 Å². The molecule has 3 rings (SSSR count). The number of hydrazone groups is 1. The molecule has 0 saturated carbocycles. The summed E-state index contributed by atoms with van der Waals surface area (Å²) in [5.41, 5.74) is 1.64. The van der Waals surface area contributed by atoms with Crippen molar-refractivity contribution in [3.05, 3.63) is 70.5 Å². The molecular formula is C20H20ClFN4O2. The zero-order valence-corrected chi connectivity index (χ0v) is 16.0. The van der Waals surface area contributed by atoms with Crippen LogP contribution in [0.25, 0.3) is 0 Å².